The average Bonchev–Trinajstić information content (AvgIpc) is 2.89. The maximum absolute atomic E-state index is 12.5. The third-order valence-corrected chi connectivity index (χ3v) is 4.84. The van der Waals surface area contributed by atoms with Gasteiger partial charge in [0, 0.05) is 24.8 Å². The van der Waals surface area contributed by atoms with E-state index in [4.69, 9.17) is 5.14 Å². The van der Waals surface area contributed by atoms with Gasteiger partial charge in [0.1, 0.15) is 0 Å². The number of hydrogen-bond acceptors (Lipinski definition) is 5. The molecule has 0 atom stereocenters. The van der Waals surface area contributed by atoms with Crippen molar-refractivity contribution in [2.45, 2.75) is 17.9 Å². The van der Waals surface area contributed by atoms with E-state index in [1.807, 2.05) is 0 Å². The SMILES string of the molecule is Cc1c(C(=O)N2CC(n3ccnn3)C2)cccc1S(N)(=O)=O. The van der Waals surface area contributed by atoms with Gasteiger partial charge in [-0.05, 0) is 24.6 Å². The van der Waals surface area contributed by atoms with Gasteiger partial charge in [-0.25, -0.2) is 18.2 Å². The number of nitrogens with two attached hydrogens (primary N) is 1. The average molecular weight is 321 g/mol. The number of aromatic nitrogens is 3. The molecule has 8 nitrogen and oxygen atoms in total. The van der Waals surface area contributed by atoms with Crippen LogP contribution in [0.1, 0.15) is 22.0 Å². The van der Waals surface area contributed by atoms with Crippen molar-refractivity contribution in [3.8, 4) is 0 Å². The number of nitrogens with zero attached hydrogens (tertiary/aromatic N) is 4. The van der Waals surface area contributed by atoms with Gasteiger partial charge >= 0.3 is 0 Å². The van der Waals surface area contributed by atoms with Crippen molar-refractivity contribution in [2.75, 3.05) is 13.1 Å². The van der Waals surface area contributed by atoms with Gasteiger partial charge in [0.25, 0.3) is 5.91 Å². The molecule has 0 radical (unpaired) electrons. The third-order valence-electron chi connectivity index (χ3n) is 3.79. The number of primary sulfonamides is 1. The normalized spacial score (nSPS) is 15.6. The van der Waals surface area contributed by atoms with Gasteiger partial charge in [0.15, 0.2) is 0 Å². The molecule has 0 spiro atoms. The van der Waals surface area contributed by atoms with Crippen LogP contribution >= 0.6 is 0 Å². The molecule has 1 aliphatic rings. The predicted molar refractivity (Wildman–Crippen MR) is 77.5 cm³/mol. The lowest BCUT2D eigenvalue weighted by molar-refractivity contribution is 0.0497. The molecule has 3 rings (SSSR count). The molecular formula is C13H15N5O3S. The quantitative estimate of drug-likeness (QED) is 0.850. The minimum Gasteiger partial charge on any atom is -0.334 e. The summed E-state index contributed by atoms with van der Waals surface area (Å²) in [7, 11) is -3.84. The topological polar surface area (TPSA) is 111 Å². The van der Waals surface area contributed by atoms with Crippen LogP contribution in [0.25, 0.3) is 0 Å². The molecule has 1 amide bonds. The first-order valence-electron chi connectivity index (χ1n) is 6.65. The lowest BCUT2D eigenvalue weighted by Crippen LogP contribution is -2.51. The summed E-state index contributed by atoms with van der Waals surface area (Å²) in [6, 6.07) is 4.63. The van der Waals surface area contributed by atoms with Crippen LogP contribution in [-0.2, 0) is 10.0 Å². The zero-order valence-electron chi connectivity index (χ0n) is 11.9. The first-order chi connectivity index (χ1) is 10.4. The van der Waals surface area contributed by atoms with E-state index in [-0.39, 0.29) is 16.8 Å². The van der Waals surface area contributed by atoms with Crippen LogP contribution in [0.5, 0.6) is 0 Å². The summed E-state index contributed by atoms with van der Waals surface area (Å²) < 4.78 is 24.8. The highest BCUT2D eigenvalue weighted by molar-refractivity contribution is 7.89. The summed E-state index contributed by atoms with van der Waals surface area (Å²) in [4.78, 5) is 14.1. The van der Waals surface area contributed by atoms with Gasteiger partial charge < -0.3 is 4.90 Å². The van der Waals surface area contributed by atoms with Crippen LogP contribution in [0, 0.1) is 6.92 Å². The Labute approximate surface area is 127 Å². The lowest BCUT2D eigenvalue weighted by Gasteiger charge is -2.39. The number of benzene rings is 1. The largest absolute Gasteiger partial charge is 0.334 e. The molecule has 1 saturated heterocycles. The van der Waals surface area contributed by atoms with Crippen LogP contribution in [0.2, 0.25) is 0 Å². The Morgan fingerprint density at radius 3 is 2.68 bits per heavy atom. The maximum Gasteiger partial charge on any atom is 0.254 e. The summed E-state index contributed by atoms with van der Waals surface area (Å²) in [6.07, 6.45) is 3.34. The molecule has 116 valence electrons. The Hall–Kier alpha value is -2.26. The highest BCUT2D eigenvalue weighted by atomic mass is 32.2. The first-order valence-corrected chi connectivity index (χ1v) is 8.20. The van der Waals surface area contributed by atoms with Crippen molar-refractivity contribution in [1.29, 1.82) is 0 Å². The zero-order valence-corrected chi connectivity index (χ0v) is 12.7. The summed E-state index contributed by atoms with van der Waals surface area (Å²) in [5, 5.41) is 12.8. The molecule has 1 aromatic heterocycles. The highest BCUT2D eigenvalue weighted by Gasteiger charge is 2.34. The van der Waals surface area contributed by atoms with Crippen molar-refractivity contribution in [2.24, 2.45) is 5.14 Å². The number of likely N-dealkylation sites (tertiary alicyclic amines) is 1. The monoisotopic (exact) mass is 321 g/mol. The minimum atomic E-state index is -3.84. The Balaban J connectivity index is 1.80. The van der Waals surface area contributed by atoms with E-state index in [1.54, 1.807) is 35.0 Å². The summed E-state index contributed by atoms with van der Waals surface area (Å²) >= 11 is 0. The number of rotatable bonds is 3. The summed E-state index contributed by atoms with van der Waals surface area (Å²) in [5.74, 6) is -0.209. The van der Waals surface area contributed by atoms with E-state index >= 15 is 0 Å². The van der Waals surface area contributed by atoms with E-state index in [1.165, 1.54) is 12.1 Å². The Bertz CT molecular complexity index is 810. The molecule has 22 heavy (non-hydrogen) atoms. The Morgan fingerprint density at radius 1 is 1.36 bits per heavy atom. The number of amides is 1. The third kappa shape index (κ3) is 2.48. The number of carbonyl (C=O) groups is 1. The number of carbonyl (C=O) groups excluding carboxylic acids is 1. The van der Waals surface area contributed by atoms with Crippen molar-refractivity contribution < 1.29 is 13.2 Å². The van der Waals surface area contributed by atoms with E-state index in [0.29, 0.717) is 24.2 Å². The number of sulfonamides is 1. The molecule has 0 unspecified atom stereocenters. The van der Waals surface area contributed by atoms with Crippen molar-refractivity contribution in [3.63, 3.8) is 0 Å². The molecule has 1 aromatic carbocycles. The maximum atomic E-state index is 12.5. The van der Waals surface area contributed by atoms with Gasteiger partial charge in [-0.15, -0.1) is 5.10 Å². The smallest absolute Gasteiger partial charge is 0.254 e. The molecule has 0 saturated carbocycles. The molecule has 1 fully saturated rings. The van der Waals surface area contributed by atoms with E-state index in [9.17, 15) is 13.2 Å². The Morgan fingerprint density at radius 2 is 2.09 bits per heavy atom. The second-order valence-electron chi connectivity index (χ2n) is 5.22. The van der Waals surface area contributed by atoms with E-state index in [0.717, 1.165) is 0 Å². The first kappa shape index (κ1) is 14.7. The summed E-state index contributed by atoms with van der Waals surface area (Å²) in [6.45, 7) is 2.62. The second-order valence-corrected chi connectivity index (χ2v) is 6.75. The van der Waals surface area contributed by atoms with E-state index < -0.39 is 10.0 Å². The highest BCUT2D eigenvalue weighted by Crippen LogP contribution is 2.25. The molecule has 2 heterocycles. The van der Waals surface area contributed by atoms with Crippen LogP contribution in [0.15, 0.2) is 35.5 Å². The second kappa shape index (κ2) is 5.18. The molecular weight excluding hydrogens is 306 g/mol. The molecule has 1 aliphatic heterocycles. The zero-order chi connectivity index (χ0) is 15.9. The standard InChI is InChI=1S/C13H15N5O3S/c1-9-11(3-2-4-12(9)22(14,20)21)13(19)17-7-10(8-17)18-6-5-15-16-18/h2-6,10H,7-8H2,1H3,(H2,14,20,21). The molecule has 2 N–H and O–H groups in total. The van der Waals surface area contributed by atoms with Crippen molar-refractivity contribution >= 4 is 15.9 Å². The van der Waals surface area contributed by atoms with E-state index in [2.05, 4.69) is 10.3 Å². The van der Waals surface area contributed by atoms with Crippen LogP contribution < -0.4 is 5.14 Å². The van der Waals surface area contributed by atoms with Crippen LogP contribution in [-0.4, -0.2) is 47.3 Å². The van der Waals surface area contributed by atoms with Crippen molar-refractivity contribution in [1.82, 2.24) is 19.9 Å². The van der Waals surface area contributed by atoms with Gasteiger partial charge in [0.2, 0.25) is 10.0 Å². The summed E-state index contributed by atoms with van der Waals surface area (Å²) in [5.41, 5.74) is 0.725. The van der Waals surface area contributed by atoms with Crippen LogP contribution in [0.4, 0.5) is 0 Å². The van der Waals surface area contributed by atoms with Gasteiger partial charge in [-0.2, -0.15) is 0 Å². The predicted octanol–water partition coefficient (Wildman–Crippen LogP) is -0.0690. The van der Waals surface area contributed by atoms with Gasteiger partial charge in [-0.1, -0.05) is 11.3 Å². The minimum absolute atomic E-state index is 0.0216. The van der Waals surface area contributed by atoms with Crippen LogP contribution in [0.3, 0.4) is 0 Å². The Kier molecular flexibility index (Phi) is 3.45. The van der Waals surface area contributed by atoms with Gasteiger partial charge in [0.05, 0.1) is 17.1 Å². The van der Waals surface area contributed by atoms with Crippen molar-refractivity contribution in [3.05, 3.63) is 41.7 Å². The molecule has 9 heteroatoms. The van der Waals surface area contributed by atoms with Gasteiger partial charge in [-0.3, -0.25) is 4.79 Å². The molecule has 2 aromatic rings. The molecule has 0 bridgehead atoms. The fraction of sp³-hybridized carbons (Fsp3) is 0.308. The number of hydrogen-bond donors (Lipinski definition) is 1. The lowest BCUT2D eigenvalue weighted by atomic mass is 10.0. The fourth-order valence-electron chi connectivity index (χ4n) is 2.53. The fourth-order valence-corrected chi connectivity index (χ4v) is 3.33. The molecule has 0 aliphatic carbocycles.